The number of amides is 1. The summed E-state index contributed by atoms with van der Waals surface area (Å²) < 4.78 is 38.3. The Bertz CT molecular complexity index is 1120. The summed E-state index contributed by atoms with van der Waals surface area (Å²) in [4.78, 5) is 12.9. The molecule has 10 heteroatoms. The Balaban J connectivity index is 1.49. The van der Waals surface area contributed by atoms with Gasteiger partial charge in [0.2, 0.25) is 0 Å². The Labute approximate surface area is 185 Å². The van der Waals surface area contributed by atoms with Crippen molar-refractivity contribution in [1.82, 2.24) is 9.78 Å². The fourth-order valence-corrected chi connectivity index (χ4v) is 6.75. The first-order valence-corrected chi connectivity index (χ1v) is 12.6. The van der Waals surface area contributed by atoms with Crippen LogP contribution in [-0.2, 0) is 16.9 Å². The van der Waals surface area contributed by atoms with Gasteiger partial charge in [-0.3, -0.25) is 9.48 Å². The fourth-order valence-electron chi connectivity index (χ4n) is 5.36. The molecule has 31 heavy (non-hydrogen) atoms. The summed E-state index contributed by atoms with van der Waals surface area (Å²) in [6.07, 6.45) is 5.19. The molecule has 0 saturated heterocycles. The average molecular weight is 470 g/mol. The molecule has 2 unspecified atom stereocenters. The number of benzene rings is 1. The van der Waals surface area contributed by atoms with E-state index in [0.717, 1.165) is 19.1 Å². The molecule has 4 rings (SSSR count). The summed E-state index contributed by atoms with van der Waals surface area (Å²) in [5.41, 5.74) is 0.356. The van der Waals surface area contributed by atoms with E-state index in [2.05, 4.69) is 10.4 Å². The van der Waals surface area contributed by atoms with Gasteiger partial charge in [0.1, 0.15) is 15.7 Å². The third-order valence-electron chi connectivity index (χ3n) is 6.32. The third-order valence-corrected chi connectivity index (χ3v) is 7.67. The van der Waals surface area contributed by atoms with Gasteiger partial charge in [0.15, 0.2) is 0 Å². The molecule has 2 aliphatic rings. The number of aryl methyl sites for hydroxylation is 1. The molecule has 7 nitrogen and oxygen atoms in total. The second-order valence-electron chi connectivity index (χ2n) is 9.08. The first-order chi connectivity index (χ1) is 14.4. The summed E-state index contributed by atoms with van der Waals surface area (Å²) in [5, 5.41) is 17.9. The van der Waals surface area contributed by atoms with Gasteiger partial charge in [0, 0.05) is 31.1 Å². The van der Waals surface area contributed by atoms with Crippen molar-refractivity contribution in [3.05, 3.63) is 46.5 Å². The molecule has 1 amide bonds. The van der Waals surface area contributed by atoms with Crippen LogP contribution in [0.4, 0.5) is 10.1 Å². The molecule has 0 aliphatic heterocycles. The van der Waals surface area contributed by atoms with Crippen molar-refractivity contribution < 1.29 is 22.7 Å². The number of nitrogens with one attached hydrogen (secondary N) is 1. The minimum atomic E-state index is -3.26. The van der Waals surface area contributed by atoms with Crippen LogP contribution in [0, 0.1) is 17.7 Å². The molecule has 0 spiro atoms. The van der Waals surface area contributed by atoms with Crippen LogP contribution in [0.15, 0.2) is 24.4 Å². The number of sulfone groups is 1. The molecule has 1 heterocycles. The van der Waals surface area contributed by atoms with Gasteiger partial charge in [-0.1, -0.05) is 11.6 Å². The minimum absolute atomic E-state index is 0.0524. The minimum Gasteiger partial charge on any atom is -0.389 e. The molecule has 168 valence electrons. The topological polar surface area (TPSA) is 101 Å². The van der Waals surface area contributed by atoms with Crippen LogP contribution >= 0.6 is 11.6 Å². The fraction of sp³-hybridized carbons (Fsp3) is 0.524. The average Bonchev–Trinajstić information content (AvgIpc) is 3.27. The normalized spacial score (nSPS) is 28.0. The van der Waals surface area contributed by atoms with Gasteiger partial charge in [0.25, 0.3) is 5.91 Å². The molecule has 2 fully saturated rings. The second kappa shape index (κ2) is 7.86. The van der Waals surface area contributed by atoms with Gasteiger partial charge in [-0.2, -0.15) is 5.10 Å². The van der Waals surface area contributed by atoms with E-state index >= 15 is 0 Å². The van der Waals surface area contributed by atoms with Crippen molar-refractivity contribution in [1.29, 1.82) is 0 Å². The molecule has 1 aromatic heterocycles. The Morgan fingerprint density at radius 1 is 1.35 bits per heavy atom. The number of hydrogen-bond donors (Lipinski definition) is 2. The lowest BCUT2D eigenvalue weighted by Gasteiger charge is -2.23. The van der Waals surface area contributed by atoms with Crippen LogP contribution in [-0.4, -0.2) is 46.8 Å². The highest BCUT2D eigenvalue weighted by Gasteiger charge is 2.50. The Hall–Kier alpha value is -1.97. The summed E-state index contributed by atoms with van der Waals surface area (Å²) in [7, 11) is -1.52. The monoisotopic (exact) mass is 469 g/mol. The number of rotatable bonds is 5. The van der Waals surface area contributed by atoms with Gasteiger partial charge in [0.05, 0.1) is 27.6 Å². The van der Waals surface area contributed by atoms with E-state index in [4.69, 9.17) is 11.6 Å². The van der Waals surface area contributed by atoms with Crippen LogP contribution in [0.1, 0.15) is 47.7 Å². The van der Waals surface area contributed by atoms with Crippen molar-refractivity contribution in [2.75, 3.05) is 17.3 Å². The Morgan fingerprint density at radius 2 is 2.00 bits per heavy atom. The van der Waals surface area contributed by atoms with Crippen molar-refractivity contribution in [3.8, 4) is 0 Å². The summed E-state index contributed by atoms with van der Waals surface area (Å²) in [5.74, 6) is -0.672. The summed E-state index contributed by atoms with van der Waals surface area (Å²) >= 11 is 5.80. The van der Waals surface area contributed by atoms with E-state index in [-0.39, 0.29) is 34.4 Å². The zero-order chi connectivity index (χ0) is 22.6. The number of fused-ring (bicyclic) bond motifs is 1. The van der Waals surface area contributed by atoms with Crippen LogP contribution in [0.2, 0.25) is 5.02 Å². The zero-order valence-corrected chi connectivity index (χ0v) is 18.9. The highest BCUT2D eigenvalue weighted by molar-refractivity contribution is 7.90. The lowest BCUT2D eigenvalue weighted by molar-refractivity contribution is 0.0613. The number of aliphatic hydroxyl groups is 1. The maximum atomic E-state index is 13.4. The first kappa shape index (κ1) is 22.2. The molecular formula is C21H25ClFN3O4S. The predicted octanol–water partition coefficient (Wildman–Crippen LogP) is 3.14. The standard InChI is InChI=1S/C21H25ClFN3O4S/c1-26-10-16(20(27)24-15-3-4-18(23)17(22)7-15)19(25-26)12-5-13-8-21(28,9-14(13)6-12)11-31(2,29)30/h3-4,7,10,12-14,28H,5-6,8-9,11H2,1-2H3,(H,24,27). The van der Waals surface area contributed by atoms with Gasteiger partial charge in [-0.25, -0.2) is 12.8 Å². The van der Waals surface area contributed by atoms with Crippen molar-refractivity contribution in [3.63, 3.8) is 0 Å². The van der Waals surface area contributed by atoms with Gasteiger partial charge in [-0.05, 0) is 55.7 Å². The molecular weight excluding hydrogens is 445 g/mol. The largest absolute Gasteiger partial charge is 0.389 e. The number of carbonyl (C=O) groups excluding carboxylic acids is 1. The lowest BCUT2D eigenvalue weighted by atomic mass is 9.92. The van der Waals surface area contributed by atoms with Gasteiger partial charge >= 0.3 is 0 Å². The molecule has 2 aliphatic carbocycles. The Morgan fingerprint density at radius 3 is 2.58 bits per heavy atom. The molecule has 2 aromatic rings. The maximum Gasteiger partial charge on any atom is 0.259 e. The van der Waals surface area contributed by atoms with E-state index in [1.54, 1.807) is 17.9 Å². The first-order valence-electron chi connectivity index (χ1n) is 10.1. The van der Waals surface area contributed by atoms with E-state index in [1.807, 2.05) is 0 Å². The maximum absolute atomic E-state index is 13.4. The lowest BCUT2D eigenvalue weighted by Crippen LogP contribution is -2.34. The van der Waals surface area contributed by atoms with Crippen molar-refractivity contribution in [2.45, 2.75) is 37.2 Å². The molecule has 0 bridgehead atoms. The van der Waals surface area contributed by atoms with Crippen molar-refractivity contribution >= 4 is 33.0 Å². The van der Waals surface area contributed by atoms with E-state index in [9.17, 15) is 22.7 Å². The van der Waals surface area contributed by atoms with E-state index in [0.29, 0.717) is 29.8 Å². The third kappa shape index (κ3) is 4.78. The second-order valence-corrected chi connectivity index (χ2v) is 11.6. The predicted molar refractivity (Wildman–Crippen MR) is 115 cm³/mol. The molecule has 0 radical (unpaired) electrons. The van der Waals surface area contributed by atoms with Crippen LogP contribution in [0.25, 0.3) is 0 Å². The van der Waals surface area contributed by atoms with Crippen molar-refractivity contribution in [2.24, 2.45) is 18.9 Å². The number of hydrogen-bond acceptors (Lipinski definition) is 5. The highest BCUT2D eigenvalue weighted by Crippen LogP contribution is 2.54. The summed E-state index contributed by atoms with van der Waals surface area (Å²) in [6.45, 7) is 0. The molecule has 2 saturated carbocycles. The molecule has 1 aromatic carbocycles. The number of nitrogens with zero attached hydrogens (tertiary/aromatic N) is 2. The van der Waals surface area contributed by atoms with Crippen LogP contribution < -0.4 is 5.32 Å². The number of carbonyl (C=O) groups is 1. The van der Waals surface area contributed by atoms with E-state index < -0.39 is 21.3 Å². The van der Waals surface area contributed by atoms with Gasteiger partial charge in [-0.15, -0.1) is 0 Å². The van der Waals surface area contributed by atoms with Crippen LogP contribution in [0.5, 0.6) is 0 Å². The SMILES string of the molecule is Cn1cc(C(=O)Nc2ccc(F)c(Cl)c2)c(C2CC3CC(O)(CS(C)(=O)=O)CC3C2)n1. The number of halogens is 2. The number of aromatic nitrogens is 2. The molecule has 2 atom stereocenters. The summed E-state index contributed by atoms with van der Waals surface area (Å²) in [6, 6.07) is 3.99. The number of anilines is 1. The molecule has 2 N–H and O–H groups in total. The highest BCUT2D eigenvalue weighted by atomic mass is 35.5. The Kier molecular flexibility index (Phi) is 5.64. The smallest absolute Gasteiger partial charge is 0.259 e. The zero-order valence-electron chi connectivity index (χ0n) is 17.3. The quantitative estimate of drug-likeness (QED) is 0.700. The van der Waals surface area contributed by atoms with E-state index in [1.165, 1.54) is 18.2 Å². The van der Waals surface area contributed by atoms with Crippen LogP contribution in [0.3, 0.4) is 0 Å². The van der Waals surface area contributed by atoms with Gasteiger partial charge < -0.3 is 10.4 Å².